The molecular formula is C16H24N2O5S. The molecule has 8 heteroatoms. The summed E-state index contributed by atoms with van der Waals surface area (Å²) in [7, 11) is -3.58. The molecule has 0 fully saturated rings. The molecule has 3 N–H and O–H groups in total. The van der Waals surface area contributed by atoms with Crippen molar-refractivity contribution in [2.75, 3.05) is 6.54 Å². The van der Waals surface area contributed by atoms with Gasteiger partial charge in [0.25, 0.3) is 5.91 Å². The second kappa shape index (κ2) is 7.76. The van der Waals surface area contributed by atoms with Crippen molar-refractivity contribution in [3.8, 4) is 0 Å². The number of carbonyl (C=O) groups excluding carboxylic acids is 1. The quantitative estimate of drug-likeness (QED) is 0.655. The van der Waals surface area contributed by atoms with E-state index in [0.29, 0.717) is 0 Å². The van der Waals surface area contributed by atoms with Gasteiger partial charge in [-0.15, -0.1) is 0 Å². The highest BCUT2D eigenvalue weighted by atomic mass is 32.2. The van der Waals surface area contributed by atoms with Gasteiger partial charge < -0.3 is 10.4 Å². The van der Waals surface area contributed by atoms with Crippen LogP contribution in [0.25, 0.3) is 0 Å². The lowest BCUT2D eigenvalue weighted by Gasteiger charge is -2.33. The normalized spacial score (nSPS) is 14.2. The summed E-state index contributed by atoms with van der Waals surface area (Å²) in [5.41, 5.74) is -0.639. The van der Waals surface area contributed by atoms with Crippen molar-refractivity contribution in [2.24, 2.45) is 5.92 Å². The maximum absolute atomic E-state index is 12.4. The average Bonchev–Trinajstić information content (AvgIpc) is 2.46. The highest BCUT2D eigenvalue weighted by Crippen LogP contribution is 2.22. The van der Waals surface area contributed by atoms with E-state index in [1.54, 1.807) is 13.8 Å². The van der Waals surface area contributed by atoms with Gasteiger partial charge in [-0.2, -0.15) is 0 Å². The van der Waals surface area contributed by atoms with Crippen LogP contribution in [0.3, 0.4) is 0 Å². The second-order valence-electron chi connectivity index (χ2n) is 6.12. The molecule has 0 bridgehead atoms. The molecule has 1 aromatic rings. The van der Waals surface area contributed by atoms with Crippen LogP contribution >= 0.6 is 0 Å². The van der Waals surface area contributed by atoms with Crippen molar-refractivity contribution in [2.45, 2.75) is 44.6 Å². The van der Waals surface area contributed by atoms with E-state index >= 15 is 0 Å². The lowest BCUT2D eigenvalue weighted by molar-refractivity contribution is -0.138. The van der Waals surface area contributed by atoms with Crippen LogP contribution in [0.15, 0.2) is 29.2 Å². The van der Waals surface area contributed by atoms with E-state index in [1.165, 1.54) is 24.3 Å². The molecule has 0 saturated heterocycles. The Labute approximate surface area is 142 Å². The number of carbonyl (C=O) groups is 2. The van der Waals surface area contributed by atoms with E-state index < -0.39 is 27.4 Å². The van der Waals surface area contributed by atoms with E-state index in [1.807, 2.05) is 13.8 Å². The number of amides is 1. The summed E-state index contributed by atoms with van der Waals surface area (Å²) in [5.74, 6) is -1.54. The molecule has 0 aliphatic carbocycles. The zero-order valence-corrected chi connectivity index (χ0v) is 15.1. The number of hydrogen-bond donors (Lipinski definition) is 3. The predicted molar refractivity (Wildman–Crippen MR) is 90.3 cm³/mol. The van der Waals surface area contributed by atoms with Crippen molar-refractivity contribution < 1.29 is 23.1 Å². The molecule has 24 heavy (non-hydrogen) atoms. The van der Waals surface area contributed by atoms with Gasteiger partial charge in [0.2, 0.25) is 10.0 Å². The number of aliphatic carboxylic acids is 1. The molecule has 0 spiro atoms. The van der Waals surface area contributed by atoms with Gasteiger partial charge in [0.1, 0.15) is 0 Å². The first-order chi connectivity index (χ1) is 11.0. The fraction of sp³-hybridized carbons (Fsp3) is 0.500. The number of hydrogen-bond acceptors (Lipinski definition) is 4. The monoisotopic (exact) mass is 356 g/mol. The molecule has 0 aliphatic rings. The van der Waals surface area contributed by atoms with Gasteiger partial charge in [-0.1, -0.05) is 20.8 Å². The van der Waals surface area contributed by atoms with Crippen LogP contribution in [0, 0.1) is 5.92 Å². The average molecular weight is 356 g/mol. The van der Waals surface area contributed by atoms with Crippen molar-refractivity contribution in [3.63, 3.8) is 0 Å². The first kappa shape index (κ1) is 20.1. The molecule has 1 aromatic carbocycles. The van der Waals surface area contributed by atoms with Gasteiger partial charge in [0.15, 0.2) is 0 Å². The standard InChI is InChI=1S/C16H24N2O5S/c1-5-17-24(22,23)13-8-6-12(7-9-13)15(21)18-16(4,11(2)3)10-14(19)20/h6-9,11,17H,5,10H2,1-4H3,(H,18,21)(H,19,20). The van der Waals surface area contributed by atoms with Crippen molar-refractivity contribution in [3.05, 3.63) is 29.8 Å². The van der Waals surface area contributed by atoms with Crippen molar-refractivity contribution >= 4 is 21.9 Å². The molecule has 0 saturated carbocycles. The molecule has 0 heterocycles. The van der Waals surface area contributed by atoms with Gasteiger partial charge in [-0.25, -0.2) is 13.1 Å². The van der Waals surface area contributed by atoms with Gasteiger partial charge in [-0.3, -0.25) is 9.59 Å². The van der Waals surface area contributed by atoms with E-state index in [9.17, 15) is 18.0 Å². The molecule has 134 valence electrons. The Kier molecular flexibility index (Phi) is 6.50. The Balaban J connectivity index is 2.98. The highest BCUT2D eigenvalue weighted by Gasteiger charge is 2.33. The first-order valence-corrected chi connectivity index (χ1v) is 9.14. The van der Waals surface area contributed by atoms with Crippen LogP contribution in [0.2, 0.25) is 0 Å². The lowest BCUT2D eigenvalue weighted by Crippen LogP contribution is -2.51. The van der Waals surface area contributed by atoms with Crippen LogP contribution in [-0.4, -0.2) is 37.5 Å². The summed E-state index contributed by atoms with van der Waals surface area (Å²) < 4.78 is 26.1. The summed E-state index contributed by atoms with van der Waals surface area (Å²) in [6.07, 6.45) is -0.205. The van der Waals surface area contributed by atoms with Crippen LogP contribution < -0.4 is 10.0 Å². The fourth-order valence-electron chi connectivity index (χ4n) is 2.10. The minimum absolute atomic E-state index is 0.0676. The molecule has 1 atom stereocenters. The number of nitrogens with one attached hydrogen (secondary N) is 2. The lowest BCUT2D eigenvalue weighted by atomic mass is 9.85. The number of carboxylic acid groups (broad SMARTS) is 1. The third kappa shape index (κ3) is 5.04. The minimum atomic E-state index is -3.58. The van der Waals surface area contributed by atoms with Crippen LogP contribution in [0.4, 0.5) is 0 Å². The Bertz CT molecular complexity index is 698. The Morgan fingerprint density at radius 1 is 1.21 bits per heavy atom. The van der Waals surface area contributed by atoms with Gasteiger partial charge in [0, 0.05) is 12.1 Å². The summed E-state index contributed by atoms with van der Waals surface area (Å²) >= 11 is 0. The number of rotatable bonds is 8. The summed E-state index contributed by atoms with van der Waals surface area (Å²) in [4.78, 5) is 23.5. The molecule has 0 radical (unpaired) electrons. The van der Waals surface area contributed by atoms with Crippen LogP contribution in [0.1, 0.15) is 44.5 Å². The number of benzene rings is 1. The van der Waals surface area contributed by atoms with Crippen LogP contribution in [-0.2, 0) is 14.8 Å². The second-order valence-corrected chi connectivity index (χ2v) is 7.89. The minimum Gasteiger partial charge on any atom is -0.481 e. The predicted octanol–water partition coefficient (Wildman–Crippen LogP) is 1.60. The van der Waals surface area contributed by atoms with Crippen LogP contribution in [0.5, 0.6) is 0 Å². The van der Waals surface area contributed by atoms with Crippen molar-refractivity contribution in [1.29, 1.82) is 0 Å². The first-order valence-electron chi connectivity index (χ1n) is 7.66. The third-order valence-electron chi connectivity index (χ3n) is 3.95. The summed E-state index contributed by atoms with van der Waals surface area (Å²) in [6, 6.07) is 5.50. The van der Waals surface area contributed by atoms with Gasteiger partial charge in [0.05, 0.1) is 16.9 Å². The molecule has 1 rings (SSSR count). The molecule has 1 unspecified atom stereocenters. The van der Waals surface area contributed by atoms with Gasteiger partial charge in [-0.05, 0) is 37.1 Å². The summed E-state index contributed by atoms with van der Waals surface area (Å²) in [5, 5.41) is 11.8. The molecular weight excluding hydrogens is 332 g/mol. The Hall–Kier alpha value is -1.93. The maximum atomic E-state index is 12.4. The fourth-order valence-corrected chi connectivity index (χ4v) is 3.14. The number of sulfonamides is 1. The smallest absolute Gasteiger partial charge is 0.305 e. The maximum Gasteiger partial charge on any atom is 0.305 e. The van der Waals surface area contributed by atoms with E-state index in [0.717, 1.165) is 0 Å². The van der Waals surface area contributed by atoms with E-state index in [4.69, 9.17) is 5.11 Å². The van der Waals surface area contributed by atoms with Gasteiger partial charge >= 0.3 is 5.97 Å². The zero-order valence-electron chi connectivity index (χ0n) is 14.3. The zero-order chi connectivity index (χ0) is 18.5. The SMILES string of the molecule is CCNS(=O)(=O)c1ccc(C(=O)NC(C)(CC(=O)O)C(C)C)cc1. The molecule has 7 nitrogen and oxygen atoms in total. The van der Waals surface area contributed by atoms with E-state index in [2.05, 4.69) is 10.0 Å². The Morgan fingerprint density at radius 2 is 1.75 bits per heavy atom. The molecule has 1 amide bonds. The molecule has 0 aliphatic heterocycles. The molecule has 0 aromatic heterocycles. The number of carboxylic acids is 1. The highest BCUT2D eigenvalue weighted by molar-refractivity contribution is 7.89. The largest absolute Gasteiger partial charge is 0.481 e. The summed E-state index contributed by atoms with van der Waals surface area (Å²) in [6.45, 7) is 7.28. The van der Waals surface area contributed by atoms with E-state index in [-0.39, 0.29) is 29.3 Å². The third-order valence-corrected chi connectivity index (χ3v) is 5.51. The topological polar surface area (TPSA) is 113 Å². The van der Waals surface area contributed by atoms with Crippen molar-refractivity contribution in [1.82, 2.24) is 10.0 Å². The Morgan fingerprint density at radius 3 is 2.17 bits per heavy atom.